The van der Waals surface area contributed by atoms with E-state index < -0.39 is 16.1 Å². The monoisotopic (exact) mass is 434 g/mol. The molecule has 3 rings (SSSR count). The third kappa shape index (κ3) is 4.52. The third-order valence-corrected chi connectivity index (χ3v) is 6.80. The minimum Gasteiger partial charge on any atom is -0.494 e. The highest BCUT2D eigenvalue weighted by Crippen LogP contribution is 2.33. The number of hydrogen-bond acceptors (Lipinski definition) is 6. The maximum absolute atomic E-state index is 13.2. The average molecular weight is 435 g/mol. The van der Waals surface area contributed by atoms with Crippen LogP contribution in [0.5, 0.6) is 17.2 Å². The quantitative estimate of drug-likeness (QED) is 0.687. The fraction of sp³-hybridized carbons (Fsp3) is 0.381. The number of rotatable bonds is 8. The number of sulfonamides is 1. The van der Waals surface area contributed by atoms with Crippen molar-refractivity contribution in [2.24, 2.45) is 0 Å². The molecule has 1 amide bonds. The van der Waals surface area contributed by atoms with Gasteiger partial charge in [0.25, 0.3) is 0 Å². The summed E-state index contributed by atoms with van der Waals surface area (Å²) in [6, 6.07) is 10.6. The number of hydrogen-bond donors (Lipinski definition) is 1. The lowest BCUT2D eigenvalue weighted by atomic mass is 10.2. The smallest absolute Gasteiger partial charge is 0.243 e. The van der Waals surface area contributed by atoms with Gasteiger partial charge in [0.05, 0.1) is 25.7 Å². The molecule has 1 fully saturated rings. The van der Waals surface area contributed by atoms with E-state index in [2.05, 4.69) is 5.32 Å². The Morgan fingerprint density at radius 3 is 2.43 bits per heavy atom. The molecule has 0 spiro atoms. The zero-order valence-electron chi connectivity index (χ0n) is 17.3. The summed E-state index contributed by atoms with van der Waals surface area (Å²) < 4.78 is 43.5. The van der Waals surface area contributed by atoms with E-state index >= 15 is 0 Å². The number of carbonyl (C=O) groups is 1. The van der Waals surface area contributed by atoms with Crippen molar-refractivity contribution in [2.75, 3.05) is 32.7 Å². The first kappa shape index (κ1) is 21.9. The van der Waals surface area contributed by atoms with Gasteiger partial charge in [0, 0.05) is 18.3 Å². The molecule has 0 aromatic heterocycles. The summed E-state index contributed by atoms with van der Waals surface area (Å²) in [6.07, 6.45) is 1.06. The van der Waals surface area contributed by atoms with Crippen LogP contribution in [0.3, 0.4) is 0 Å². The molecule has 2 aromatic carbocycles. The second-order valence-corrected chi connectivity index (χ2v) is 8.63. The zero-order chi connectivity index (χ0) is 21.7. The molecule has 8 nitrogen and oxygen atoms in total. The summed E-state index contributed by atoms with van der Waals surface area (Å²) in [7, 11) is -0.958. The highest BCUT2D eigenvalue weighted by molar-refractivity contribution is 7.89. The van der Waals surface area contributed by atoms with Gasteiger partial charge in [0.1, 0.15) is 11.8 Å². The summed E-state index contributed by atoms with van der Waals surface area (Å²) in [4.78, 5) is 12.9. The van der Waals surface area contributed by atoms with Crippen LogP contribution < -0.4 is 19.5 Å². The largest absolute Gasteiger partial charge is 0.494 e. The van der Waals surface area contributed by atoms with Crippen LogP contribution in [0.15, 0.2) is 47.4 Å². The summed E-state index contributed by atoms with van der Waals surface area (Å²) in [5, 5.41) is 2.80. The first-order chi connectivity index (χ1) is 14.4. The number of amides is 1. The third-order valence-electron chi connectivity index (χ3n) is 4.90. The van der Waals surface area contributed by atoms with Crippen LogP contribution in [0.4, 0.5) is 5.69 Å². The molecule has 1 saturated heterocycles. The lowest BCUT2D eigenvalue weighted by molar-refractivity contribution is -0.119. The molecule has 1 aliphatic heterocycles. The number of benzene rings is 2. The van der Waals surface area contributed by atoms with Crippen molar-refractivity contribution in [1.82, 2.24) is 4.31 Å². The van der Waals surface area contributed by atoms with Crippen molar-refractivity contribution in [2.45, 2.75) is 30.7 Å². The molecular formula is C21H26N2O6S. The SMILES string of the molecule is CCOc1ccc(NC(=O)C2CCCN2S(=O)(=O)c2ccc(OC)c(OC)c2)cc1. The van der Waals surface area contributed by atoms with Crippen LogP contribution in [0.2, 0.25) is 0 Å². The summed E-state index contributed by atoms with van der Waals surface area (Å²) in [6.45, 7) is 2.72. The Morgan fingerprint density at radius 2 is 1.80 bits per heavy atom. The van der Waals surface area contributed by atoms with Crippen molar-refractivity contribution < 1.29 is 27.4 Å². The number of anilines is 1. The molecule has 162 valence electrons. The van der Waals surface area contributed by atoms with Crippen LogP contribution in [-0.4, -0.2) is 52.0 Å². The molecule has 1 aliphatic rings. The minimum absolute atomic E-state index is 0.0564. The highest BCUT2D eigenvalue weighted by Gasteiger charge is 2.39. The van der Waals surface area contributed by atoms with Crippen LogP contribution in [0.25, 0.3) is 0 Å². The van der Waals surface area contributed by atoms with Gasteiger partial charge in [0.2, 0.25) is 15.9 Å². The van der Waals surface area contributed by atoms with Gasteiger partial charge in [-0.1, -0.05) is 0 Å². The standard InChI is InChI=1S/C21H26N2O6S/c1-4-29-16-9-7-15(8-10-16)22-21(24)18-6-5-13-23(18)30(25,26)17-11-12-19(27-2)20(14-17)28-3/h7-12,14,18H,4-6,13H2,1-3H3,(H,22,24). The first-order valence-electron chi connectivity index (χ1n) is 9.68. The van der Waals surface area contributed by atoms with Gasteiger partial charge in [-0.2, -0.15) is 4.31 Å². The fourth-order valence-corrected chi connectivity index (χ4v) is 5.10. The first-order valence-corrected chi connectivity index (χ1v) is 11.1. The molecule has 9 heteroatoms. The maximum atomic E-state index is 13.2. The van der Waals surface area contributed by atoms with Gasteiger partial charge in [-0.3, -0.25) is 4.79 Å². The second-order valence-electron chi connectivity index (χ2n) is 6.74. The Kier molecular flexibility index (Phi) is 6.84. The van der Waals surface area contributed by atoms with E-state index in [0.29, 0.717) is 42.4 Å². The molecule has 0 saturated carbocycles. The van der Waals surface area contributed by atoms with Crippen LogP contribution >= 0.6 is 0 Å². The van der Waals surface area contributed by atoms with Gasteiger partial charge in [-0.15, -0.1) is 0 Å². The minimum atomic E-state index is -3.88. The van der Waals surface area contributed by atoms with Crippen molar-refractivity contribution in [3.63, 3.8) is 0 Å². The predicted molar refractivity (Wildman–Crippen MR) is 113 cm³/mol. The van der Waals surface area contributed by atoms with Crippen molar-refractivity contribution in [3.05, 3.63) is 42.5 Å². The Labute approximate surface area is 176 Å². The molecule has 1 N–H and O–H groups in total. The molecule has 0 radical (unpaired) electrons. The van der Waals surface area contributed by atoms with Crippen molar-refractivity contribution in [3.8, 4) is 17.2 Å². The summed E-state index contributed by atoms with van der Waals surface area (Å²) in [5.41, 5.74) is 0.582. The van der Waals surface area contributed by atoms with Gasteiger partial charge in [0.15, 0.2) is 11.5 Å². The van der Waals surface area contributed by atoms with Crippen molar-refractivity contribution >= 4 is 21.6 Å². The van der Waals surface area contributed by atoms with E-state index in [9.17, 15) is 13.2 Å². The molecule has 1 heterocycles. The topological polar surface area (TPSA) is 94.2 Å². The lowest BCUT2D eigenvalue weighted by Gasteiger charge is -2.24. The van der Waals surface area contributed by atoms with Gasteiger partial charge in [-0.25, -0.2) is 8.42 Å². The number of nitrogens with one attached hydrogen (secondary N) is 1. The van der Waals surface area contributed by atoms with E-state index in [1.807, 2.05) is 6.92 Å². The normalized spacial score (nSPS) is 16.8. The highest BCUT2D eigenvalue weighted by atomic mass is 32.2. The number of carbonyl (C=O) groups excluding carboxylic acids is 1. The van der Waals surface area contributed by atoms with Gasteiger partial charge in [-0.05, 0) is 56.2 Å². The van der Waals surface area contributed by atoms with Crippen molar-refractivity contribution in [1.29, 1.82) is 0 Å². The molecular weight excluding hydrogens is 408 g/mol. The van der Waals surface area contributed by atoms with E-state index in [-0.39, 0.29) is 17.3 Å². The maximum Gasteiger partial charge on any atom is 0.243 e. The summed E-state index contributed by atoms with van der Waals surface area (Å²) >= 11 is 0. The van der Waals surface area contributed by atoms with E-state index in [1.54, 1.807) is 24.3 Å². The molecule has 2 aromatic rings. The molecule has 0 bridgehead atoms. The Balaban J connectivity index is 1.79. The predicted octanol–water partition coefficient (Wildman–Crippen LogP) is 2.89. The summed E-state index contributed by atoms with van der Waals surface area (Å²) in [5.74, 6) is 1.09. The van der Waals surface area contributed by atoms with Crippen LogP contribution in [-0.2, 0) is 14.8 Å². The molecule has 1 atom stereocenters. The molecule has 30 heavy (non-hydrogen) atoms. The Bertz CT molecular complexity index is 991. The molecule has 0 aliphatic carbocycles. The van der Waals surface area contributed by atoms with Crippen LogP contribution in [0, 0.1) is 0 Å². The van der Waals surface area contributed by atoms with Crippen LogP contribution in [0.1, 0.15) is 19.8 Å². The lowest BCUT2D eigenvalue weighted by Crippen LogP contribution is -2.43. The van der Waals surface area contributed by atoms with Gasteiger partial charge < -0.3 is 19.5 Å². The molecule has 1 unspecified atom stereocenters. The Hall–Kier alpha value is -2.78. The number of nitrogens with zero attached hydrogens (tertiary/aromatic N) is 1. The fourth-order valence-electron chi connectivity index (χ4n) is 3.43. The Morgan fingerprint density at radius 1 is 1.10 bits per heavy atom. The number of ether oxygens (including phenoxy) is 3. The second kappa shape index (κ2) is 9.36. The zero-order valence-corrected chi connectivity index (χ0v) is 18.1. The van der Waals surface area contributed by atoms with E-state index in [1.165, 1.54) is 36.7 Å². The number of methoxy groups -OCH3 is 2. The van der Waals surface area contributed by atoms with E-state index in [0.717, 1.165) is 0 Å². The van der Waals surface area contributed by atoms with Gasteiger partial charge >= 0.3 is 0 Å². The van der Waals surface area contributed by atoms with E-state index in [4.69, 9.17) is 14.2 Å². The average Bonchev–Trinajstić information content (AvgIpc) is 3.26.